The van der Waals surface area contributed by atoms with Crippen LogP contribution in [0.2, 0.25) is 0 Å². The van der Waals surface area contributed by atoms with E-state index in [1.54, 1.807) is 11.3 Å². The molecular weight excluding hydrogens is 228 g/mol. The standard InChI is InChI=1S/C15H22OS/c1-10-7-12(9-17-10)15(16)13(2,3)11-5-6-14(15,4)8-11/h7,9,11,16H,5-6,8H2,1-4H3. The van der Waals surface area contributed by atoms with E-state index >= 15 is 0 Å². The number of rotatable bonds is 1. The van der Waals surface area contributed by atoms with Crippen molar-refractivity contribution >= 4 is 11.3 Å². The summed E-state index contributed by atoms with van der Waals surface area (Å²) in [5, 5.41) is 13.6. The predicted molar refractivity (Wildman–Crippen MR) is 72.2 cm³/mol. The normalized spacial score (nSPS) is 43.2. The first-order valence-corrected chi connectivity index (χ1v) is 7.47. The fourth-order valence-electron chi connectivity index (χ4n) is 4.61. The van der Waals surface area contributed by atoms with Gasteiger partial charge in [-0.1, -0.05) is 20.8 Å². The van der Waals surface area contributed by atoms with Crippen molar-refractivity contribution in [2.75, 3.05) is 0 Å². The molecular formula is C15H22OS. The van der Waals surface area contributed by atoms with Crippen LogP contribution in [0.4, 0.5) is 0 Å². The summed E-state index contributed by atoms with van der Waals surface area (Å²) in [6, 6.07) is 2.19. The topological polar surface area (TPSA) is 20.2 Å². The number of fused-ring (bicyclic) bond motifs is 2. The third kappa shape index (κ3) is 1.18. The molecule has 0 saturated heterocycles. The average Bonchev–Trinajstić information content (AvgIpc) is 2.86. The molecule has 0 aliphatic heterocycles. The van der Waals surface area contributed by atoms with Gasteiger partial charge in [0.15, 0.2) is 0 Å². The number of thiophene rings is 1. The second-order valence-electron chi connectivity index (χ2n) is 6.88. The van der Waals surface area contributed by atoms with Crippen molar-refractivity contribution in [2.45, 2.75) is 52.6 Å². The monoisotopic (exact) mass is 250 g/mol. The lowest BCUT2D eigenvalue weighted by molar-refractivity contribution is -0.150. The summed E-state index contributed by atoms with van der Waals surface area (Å²) in [7, 11) is 0. The van der Waals surface area contributed by atoms with Crippen molar-refractivity contribution in [2.24, 2.45) is 16.7 Å². The molecule has 3 unspecified atom stereocenters. The Morgan fingerprint density at radius 2 is 2.06 bits per heavy atom. The Balaban J connectivity index is 2.17. The van der Waals surface area contributed by atoms with Crippen LogP contribution < -0.4 is 0 Å². The Bertz CT molecular complexity index is 454. The van der Waals surface area contributed by atoms with Crippen LogP contribution in [0.25, 0.3) is 0 Å². The molecule has 1 heterocycles. The van der Waals surface area contributed by atoms with Gasteiger partial charge in [-0.3, -0.25) is 0 Å². The molecule has 2 heteroatoms. The molecule has 1 aromatic heterocycles. The van der Waals surface area contributed by atoms with Crippen molar-refractivity contribution in [3.63, 3.8) is 0 Å². The van der Waals surface area contributed by atoms with Gasteiger partial charge in [0.1, 0.15) is 5.60 Å². The van der Waals surface area contributed by atoms with Crippen molar-refractivity contribution in [1.82, 2.24) is 0 Å². The first kappa shape index (κ1) is 11.7. The third-order valence-corrected chi connectivity index (χ3v) is 6.58. The zero-order chi connectivity index (χ0) is 12.5. The molecule has 1 aromatic rings. The molecule has 1 nitrogen and oxygen atoms in total. The van der Waals surface area contributed by atoms with Crippen LogP contribution in [0.1, 0.15) is 50.5 Å². The van der Waals surface area contributed by atoms with E-state index in [2.05, 4.69) is 39.1 Å². The van der Waals surface area contributed by atoms with Crippen LogP contribution in [-0.4, -0.2) is 5.11 Å². The summed E-state index contributed by atoms with van der Waals surface area (Å²) in [4.78, 5) is 1.30. The minimum atomic E-state index is -0.631. The number of hydrogen-bond donors (Lipinski definition) is 1. The van der Waals surface area contributed by atoms with Gasteiger partial charge in [0.2, 0.25) is 0 Å². The lowest BCUT2D eigenvalue weighted by Crippen LogP contribution is -2.51. The van der Waals surface area contributed by atoms with Gasteiger partial charge in [-0.25, -0.2) is 0 Å². The SMILES string of the molecule is Cc1cc(C2(O)C3(C)CCC(C3)C2(C)C)cs1. The Hall–Kier alpha value is -0.340. The van der Waals surface area contributed by atoms with Crippen molar-refractivity contribution < 1.29 is 5.11 Å². The van der Waals surface area contributed by atoms with E-state index in [1.165, 1.54) is 24.1 Å². The highest BCUT2D eigenvalue weighted by Gasteiger charge is 2.69. The van der Waals surface area contributed by atoms with Gasteiger partial charge in [0.25, 0.3) is 0 Å². The maximum absolute atomic E-state index is 11.5. The Kier molecular flexibility index (Phi) is 2.18. The second kappa shape index (κ2) is 3.16. The molecule has 3 atom stereocenters. The van der Waals surface area contributed by atoms with Gasteiger partial charge in [0.05, 0.1) is 0 Å². The van der Waals surface area contributed by atoms with Gasteiger partial charge < -0.3 is 5.11 Å². The predicted octanol–water partition coefficient (Wildman–Crippen LogP) is 4.09. The van der Waals surface area contributed by atoms with E-state index in [0.717, 1.165) is 5.56 Å². The number of hydrogen-bond acceptors (Lipinski definition) is 2. The molecule has 3 rings (SSSR count). The largest absolute Gasteiger partial charge is 0.384 e. The van der Waals surface area contributed by atoms with Gasteiger partial charge in [-0.05, 0) is 49.1 Å². The molecule has 2 aliphatic carbocycles. The molecule has 1 N–H and O–H groups in total. The molecule has 0 radical (unpaired) electrons. The van der Waals surface area contributed by atoms with Crippen LogP contribution >= 0.6 is 11.3 Å². The van der Waals surface area contributed by atoms with Gasteiger partial charge in [-0.2, -0.15) is 0 Å². The van der Waals surface area contributed by atoms with Gasteiger partial charge >= 0.3 is 0 Å². The second-order valence-corrected chi connectivity index (χ2v) is 7.99. The lowest BCUT2D eigenvalue weighted by Gasteiger charge is -2.50. The first-order chi connectivity index (χ1) is 7.81. The maximum Gasteiger partial charge on any atom is 0.101 e. The van der Waals surface area contributed by atoms with E-state index in [1.807, 2.05) is 0 Å². The summed E-state index contributed by atoms with van der Waals surface area (Å²) in [5.41, 5.74) is 0.616. The fourth-order valence-corrected chi connectivity index (χ4v) is 5.36. The quantitative estimate of drug-likeness (QED) is 0.796. The molecule has 0 spiro atoms. The summed E-state index contributed by atoms with van der Waals surface area (Å²) in [6.07, 6.45) is 3.65. The van der Waals surface area contributed by atoms with Gasteiger partial charge in [-0.15, -0.1) is 11.3 Å². The third-order valence-electron chi connectivity index (χ3n) is 5.72. The zero-order valence-corrected chi connectivity index (χ0v) is 12.0. The average molecular weight is 250 g/mol. The fraction of sp³-hybridized carbons (Fsp3) is 0.733. The molecule has 2 fully saturated rings. The Morgan fingerprint density at radius 1 is 1.35 bits per heavy atom. The van der Waals surface area contributed by atoms with E-state index in [-0.39, 0.29) is 10.8 Å². The van der Waals surface area contributed by atoms with Crippen LogP contribution in [0.5, 0.6) is 0 Å². The van der Waals surface area contributed by atoms with Crippen molar-refractivity contribution in [3.05, 3.63) is 21.9 Å². The Morgan fingerprint density at radius 3 is 2.53 bits per heavy atom. The molecule has 94 valence electrons. The molecule has 2 saturated carbocycles. The van der Waals surface area contributed by atoms with Crippen molar-refractivity contribution in [1.29, 1.82) is 0 Å². The smallest absolute Gasteiger partial charge is 0.101 e. The van der Waals surface area contributed by atoms with Crippen LogP contribution in [0.3, 0.4) is 0 Å². The molecule has 0 aromatic carbocycles. The van der Waals surface area contributed by atoms with E-state index in [0.29, 0.717) is 5.92 Å². The van der Waals surface area contributed by atoms with Crippen LogP contribution in [-0.2, 0) is 5.60 Å². The molecule has 17 heavy (non-hydrogen) atoms. The lowest BCUT2D eigenvalue weighted by atomic mass is 9.58. The van der Waals surface area contributed by atoms with Crippen LogP contribution in [0.15, 0.2) is 11.4 Å². The highest BCUT2D eigenvalue weighted by molar-refractivity contribution is 7.10. The van der Waals surface area contributed by atoms with E-state index in [4.69, 9.17) is 0 Å². The van der Waals surface area contributed by atoms with E-state index in [9.17, 15) is 5.11 Å². The molecule has 0 amide bonds. The zero-order valence-electron chi connectivity index (χ0n) is 11.2. The summed E-state index contributed by atoms with van der Waals surface area (Å²) < 4.78 is 0. The number of aliphatic hydroxyl groups is 1. The van der Waals surface area contributed by atoms with Crippen molar-refractivity contribution in [3.8, 4) is 0 Å². The van der Waals surface area contributed by atoms with Crippen LogP contribution in [0, 0.1) is 23.7 Å². The minimum absolute atomic E-state index is 0.00745. The summed E-state index contributed by atoms with van der Waals surface area (Å²) >= 11 is 1.76. The van der Waals surface area contributed by atoms with Gasteiger partial charge in [0, 0.05) is 15.7 Å². The summed E-state index contributed by atoms with van der Waals surface area (Å²) in [5.74, 6) is 0.678. The summed E-state index contributed by atoms with van der Waals surface area (Å²) in [6.45, 7) is 8.93. The maximum atomic E-state index is 11.5. The highest BCUT2D eigenvalue weighted by Crippen LogP contribution is 2.71. The Labute approximate surface area is 108 Å². The molecule has 2 bridgehead atoms. The minimum Gasteiger partial charge on any atom is -0.384 e. The highest BCUT2D eigenvalue weighted by atomic mass is 32.1. The molecule has 2 aliphatic rings. The number of aryl methyl sites for hydroxylation is 1. The van der Waals surface area contributed by atoms with E-state index < -0.39 is 5.60 Å². The first-order valence-electron chi connectivity index (χ1n) is 6.59.